The van der Waals surface area contributed by atoms with Gasteiger partial charge in [0.05, 0.1) is 23.6 Å². The van der Waals surface area contributed by atoms with Crippen molar-refractivity contribution in [1.82, 2.24) is 15.1 Å². The number of anilines is 1. The van der Waals surface area contributed by atoms with Crippen molar-refractivity contribution in [1.29, 1.82) is 0 Å². The molecule has 0 saturated carbocycles. The van der Waals surface area contributed by atoms with Crippen molar-refractivity contribution in [3.8, 4) is 0 Å². The molecule has 0 spiro atoms. The summed E-state index contributed by atoms with van der Waals surface area (Å²) in [4.78, 5) is 0. The standard InChI is InChI=1S/C17H23ClN4S/c1-4-5-10-19-17(23)20-16-12(2)21-22(13(16)3)11-14-8-6-7-9-15(14)18/h6-9H,4-5,10-11H2,1-3H3,(H2,19,20,23). The molecular weight excluding hydrogens is 328 g/mol. The smallest absolute Gasteiger partial charge is 0.170 e. The van der Waals surface area contributed by atoms with Gasteiger partial charge in [0.25, 0.3) is 0 Å². The van der Waals surface area contributed by atoms with Gasteiger partial charge in [0.2, 0.25) is 0 Å². The van der Waals surface area contributed by atoms with Gasteiger partial charge in [-0.2, -0.15) is 5.10 Å². The monoisotopic (exact) mass is 350 g/mol. The van der Waals surface area contributed by atoms with E-state index in [0.29, 0.717) is 11.7 Å². The Morgan fingerprint density at radius 2 is 2.04 bits per heavy atom. The lowest BCUT2D eigenvalue weighted by atomic mass is 10.2. The molecule has 2 N–H and O–H groups in total. The van der Waals surface area contributed by atoms with Gasteiger partial charge < -0.3 is 10.6 Å². The van der Waals surface area contributed by atoms with E-state index in [-0.39, 0.29) is 0 Å². The maximum Gasteiger partial charge on any atom is 0.170 e. The van der Waals surface area contributed by atoms with E-state index in [4.69, 9.17) is 23.8 Å². The summed E-state index contributed by atoms with van der Waals surface area (Å²) in [5, 5.41) is 12.5. The summed E-state index contributed by atoms with van der Waals surface area (Å²) in [7, 11) is 0. The van der Waals surface area contributed by atoms with Crippen molar-refractivity contribution in [3.05, 3.63) is 46.2 Å². The fourth-order valence-electron chi connectivity index (χ4n) is 2.36. The van der Waals surface area contributed by atoms with Gasteiger partial charge in [0, 0.05) is 11.6 Å². The largest absolute Gasteiger partial charge is 0.362 e. The summed E-state index contributed by atoms with van der Waals surface area (Å²) in [6.07, 6.45) is 2.25. The molecular formula is C17H23ClN4S. The number of aromatic nitrogens is 2. The molecule has 0 aliphatic carbocycles. The first-order valence-corrected chi connectivity index (χ1v) is 8.63. The molecule has 0 unspecified atom stereocenters. The van der Waals surface area contributed by atoms with Crippen LogP contribution in [0.2, 0.25) is 5.02 Å². The first-order valence-electron chi connectivity index (χ1n) is 7.85. The van der Waals surface area contributed by atoms with Crippen LogP contribution in [0.15, 0.2) is 24.3 Å². The molecule has 23 heavy (non-hydrogen) atoms. The zero-order valence-electron chi connectivity index (χ0n) is 13.8. The van der Waals surface area contributed by atoms with Crippen LogP contribution in [0.4, 0.5) is 5.69 Å². The third-order valence-corrected chi connectivity index (χ3v) is 4.33. The number of hydrogen-bond donors (Lipinski definition) is 2. The highest BCUT2D eigenvalue weighted by atomic mass is 35.5. The van der Waals surface area contributed by atoms with Gasteiger partial charge in [-0.1, -0.05) is 43.1 Å². The highest BCUT2D eigenvalue weighted by Gasteiger charge is 2.13. The first kappa shape index (κ1) is 17.8. The Bertz CT molecular complexity index is 681. The second-order valence-electron chi connectivity index (χ2n) is 5.53. The molecule has 0 atom stereocenters. The predicted molar refractivity (Wildman–Crippen MR) is 101 cm³/mol. The minimum atomic E-state index is 0.641. The average Bonchev–Trinajstić information content (AvgIpc) is 2.77. The highest BCUT2D eigenvalue weighted by Crippen LogP contribution is 2.22. The molecule has 6 heteroatoms. The summed E-state index contributed by atoms with van der Waals surface area (Å²) >= 11 is 11.6. The van der Waals surface area contributed by atoms with Gasteiger partial charge in [-0.15, -0.1) is 0 Å². The predicted octanol–water partition coefficient (Wildman–Crippen LogP) is 4.29. The van der Waals surface area contributed by atoms with Crippen molar-refractivity contribution in [2.45, 2.75) is 40.2 Å². The number of nitrogens with one attached hydrogen (secondary N) is 2. The average molecular weight is 351 g/mol. The summed E-state index contributed by atoms with van der Waals surface area (Å²) in [5.74, 6) is 0. The van der Waals surface area contributed by atoms with E-state index in [9.17, 15) is 0 Å². The summed E-state index contributed by atoms with van der Waals surface area (Å²) < 4.78 is 1.95. The van der Waals surface area contributed by atoms with Gasteiger partial charge in [-0.25, -0.2) is 0 Å². The highest BCUT2D eigenvalue weighted by molar-refractivity contribution is 7.80. The van der Waals surface area contributed by atoms with Crippen LogP contribution in [0.1, 0.15) is 36.7 Å². The molecule has 0 aliphatic rings. The van der Waals surface area contributed by atoms with Gasteiger partial charge >= 0.3 is 0 Å². The molecule has 4 nitrogen and oxygen atoms in total. The molecule has 0 aliphatic heterocycles. The van der Waals surface area contributed by atoms with E-state index in [1.54, 1.807) is 0 Å². The molecule has 2 rings (SSSR count). The minimum absolute atomic E-state index is 0.641. The Kier molecular flexibility index (Phi) is 6.42. The van der Waals surface area contributed by atoms with E-state index < -0.39 is 0 Å². The second-order valence-corrected chi connectivity index (χ2v) is 6.34. The number of rotatable bonds is 6. The molecule has 124 valence electrons. The topological polar surface area (TPSA) is 41.9 Å². The first-order chi connectivity index (χ1) is 11.0. The number of benzene rings is 1. The van der Waals surface area contributed by atoms with Crippen molar-refractivity contribution in [2.24, 2.45) is 0 Å². The Morgan fingerprint density at radius 3 is 2.74 bits per heavy atom. The molecule has 1 heterocycles. The Labute approximate surface area is 148 Å². The van der Waals surface area contributed by atoms with Crippen LogP contribution in [0.3, 0.4) is 0 Å². The van der Waals surface area contributed by atoms with Crippen LogP contribution in [-0.2, 0) is 6.54 Å². The number of hydrogen-bond acceptors (Lipinski definition) is 2. The van der Waals surface area contributed by atoms with Crippen LogP contribution in [0.5, 0.6) is 0 Å². The summed E-state index contributed by atoms with van der Waals surface area (Å²) in [5.41, 5.74) is 3.98. The number of thiocarbonyl (C=S) groups is 1. The van der Waals surface area contributed by atoms with Gasteiger partial charge in [-0.3, -0.25) is 4.68 Å². The van der Waals surface area contributed by atoms with Crippen molar-refractivity contribution >= 4 is 34.6 Å². The molecule has 0 radical (unpaired) electrons. The van der Waals surface area contributed by atoms with Gasteiger partial charge in [0.15, 0.2) is 5.11 Å². The minimum Gasteiger partial charge on any atom is -0.362 e. The number of unbranched alkanes of at least 4 members (excludes halogenated alkanes) is 1. The Hall–Kier alpha value is -1.59. The van der Waals surface area contributed by atoms with E-state index >= 15 is 0 Å². The molecule has 0 bridgehead atoms. The third-order valence-electron chi connectivity index (χ3n) is 3.71. The van der Waals surface area contributed by atoms with E-state index in [0.717, 1.165) is 47.0 Å². The molecule has 0 fully saturated rings. The summed E-state index contributed by atoms with van der Waals surface area (Å²) in [6.45, 7) is 7.70. The lowest BCUT2D eigenvalue weighted by Gasteiger charge is -2.11. The fraction of sp³-hybridized carbons (Fsp3) is 0.412. The second kappa shape index (κ2) is 8.31. The molecule has 0 saturated heterocycles. The molecule has 1 aromatic carbocycles. The molecule has 1 aromatic heterocycles. The number of nitrogens with zero attached hydrogens (tertiary/aromatic N) is 2. The van der Waals surface area contributed by atoms with Crippen LogP contribution in [0.25, 0.3) is 0 Å². The Morgan fingerprint density at radius 1 is 1.30 bits per heavy atom. The zero-order chi connectivity index (χ0) is 16.8. The van der Waals surface area contributed by atoms with Crippen LogP contribution < -0.4 is 10.6 Å². The van der Waals surface area contributed by atoms with Crippen molar-refractivity contribution in [2.75, 3.05) is 11.9 Å². The van der Waals surface area contributed by atoms with E-state index in [1.807, 2.05) is 42.8 Å². The molecule has 0 amide bonds. The number of aryl methyl sites for hydroxylation is 1. The van der Waals surface area contributed by atoms with Crippen LogP contribution in [-0.4, -0.2) is 21.4 Å². The normalized spacial score (nSPS) is 10.6. The lowest BCUT2D eigenvalue weighted by Crippen LogP contribution is -2.29. The van der Waals surface area contributed by atoms with Crippen molar-refractivity contribution < 1.29 is 0 Å². The quantitative estimate of drug-likeness (QED) is 0.602. The fourth-order valence-corrected chi connectivity index (χ4v) is 2.76. The zero-order valence-corrected chi connectivity index (χ0v) is 15.4. The van der Waals surface area contributed by atoms with Crippen molar-refractivity contribution in [3.63, 3.8) is 0 Å². The lowest BCUT2D eigenvalue weighted by molar-refractivity contribution is 0.659. The van der Waals surface area contributed by atoms with Gasteiger partial charge in [-0.05, 0) is 44.1 Å². The third kappa shape index (κ3) is 4.69. The van der Waals surface area contributed by atoms with Crippen LogP contribution in [0, 0.1) is 13.8 Å². The van der Waals surface area contributed by atoms with E-state index in [2.05, 4.69) is 22.7 Å². The van der Waals surface area contributed by atoms with Gasteiger partial charge in [0.1, 0.15) is 0 Å². The maximum absolute atomic E-state index is 6.24. The molecule has 2 aromatic rings. The Balaban J connectivity index is 2.10. The van der Waals surface area contributed by atoms with Crippen LogP contribution >= 0.6 is 23.8 Å². The number of halogens is 1. The SMILES string of the molecule is CCCCNC(=S)Nc1c(C)nn(Cc2ccccc2Cl)c1C. The van der Waals surface area contributed by atoms with E-state index in [1.165, 1.54) is 0 Å². The summed E-state index contributed by atoms with van der Waals surface area (Å²) in [6, 6.07) is 7.83. The maximum atomic E-state index is 6.24.